The van der Waals surface area contributed by atoms with E-state index in [1.165, 1.54) is 23.0 Å². The van der Waals surface area contributed by atoms with Gasteiger partial charge in [-0.05, 0) is 0 Å². The largest absolute Gasteiger partial charge is 0.445 e. The lowest BCUT2D eigenvalue weighted by Gasteiger charge is -2.12. The maximum absolute atomic E-state index is 12.4. The Bertz CT molecular complexity index is 864. The monoisotopic (exact) mass is 368 g/mol. The fraction of sp³-hybridized carbons (Fsp3) is 0.267. The topological polar surface area (TPSA) is 121 Å². The summed E-state index contributed by atoms with van der Waals surface area (Å²) in [5.41, 5.74) is 0.0666. The van der Waals surface area contributed by atoms with Crippen molar-refractivity contribution in [3.63, 3.8) is 0 Å². The number of aromatic nitrogens is 1. The lowest BCUT2D eigenvalue weighted by molar-refractivity contribution is 0.0975. The summed E-state index contributed by atoms with van der Waals surface area (Å²) in [4.78, 5) is 36.0. The van der Waals surface area contributed by atoms with Crippen LogP contribution in [0.4, 0.5) is 4.79 Å². The first kappa shape index (κ1) is 18.6. The number of Topliss-reactive ketones (excluding diaryl/α,β-unsaturated/α-hetero) is 1. The van der Waals surface area contributed by atoms with E-state index in [1.807, 2.05) is 0 Å². The molecule has 0 aliphatic heterocycles. The van der Waals surface area contributed by atoms with Crippen LogP contribution in [0, 0.1) is 0 Å². The van der Waals surface area contributed by atoms with Crippen LogP contribution in [0.25, 0.3) is 0 Å². The van der Waals surface area contributed by atoms with Crippen molar-refractivity contribution in [1.29, 1.82) is 0 Å². The van der Waals surface area contributed by atoms with E-state index in [2.05, 4.69) is 16.1 Å². The molecule has 0 spiro atoms. The molecule has 0 unspecified atom stereocenters. The first-order chi connectivity index (χ1) is 11.7. The minimum absolute atomic E-state index is 0.0385. The molecule has 1 aliphatic rings. The number of amides is 1. The molecule has 1 aromatic heterocycles. The Morgan fingerprint density at radius 2 is 2.00 bits per heavy atom. The maximum Gasteiger partial charge on any atom is 0.412 e. The van der Waals surface area contributed by atoms with Gasteiger partial charge in [-0.2, -0.15) is 8.42 Å². The van der Waals surface area contributed by atoms with Gasteiger partial charge in [0.1, 0.15) is 6.61 Å². The highest BCUT2D eigenvalue weighted by Crippen LogP contribution is 2.21. The lowest BCUT2D eigenvalue weighted by Crippen LogP contribution is -2.31. The summed E-state index contributed by atoms with van der Waals surface area (Å²) in [7, 11) is -3.57. The van der Waals surface area contributed by atoms with Crippen LogP contribution in [0.5, 0.6) is 0 Å². The maximum atomic E-state index is 12.4. The second-order valence-corrected chi connectivity index (χ2v) is 6.76. The number of alkyl carbamates (subject to hydrolysis) is 1. The number of hydrogen-bond donors (Lipinski definition) is 1. The number of carbonyl (C=O) groups is 3. The van der Waals surface area contributed by atoms with Gasteiger partial charge in [0.2, 0.25) is 5.78 Å². The molecule has 0 fully saturated rings. The fourth-order valence-corrected chi connectivity index (χ4v) is 2.48. The Morgan fingerprint density at radius 1 is 1.32 bits per heavy atom. The summed E-state index contributed by atoms with van der Waals surface area (Å²) >= 11 is 0. The molecular weight excluding hydrogens is 352 g/mol. The summed E-state index contributed by atoms with van der Waals surface area (Å²) < 4.78 is 32.7. The number of nitrogens with zero attached hydrogens (tertiary/aromatic N) is 1. The third-order valence-electron chi connectivity index (χ3n) is 3.13. The fourth-order valence-electron chi connectivity index (χ4n) is 2.10. The van der Waals surface area contributed by atoms with Gasteiger partial charge in [0, 0.05) is 25.0 Å². The molecule has 134 valence electrons. The van der Waals surface area contributed by atoms with Crippen LogP contribution in [0.1, 0.15) is 20.7 Å². The molecule has 1 N–H and O–H groups in total. The minimum Gasteiger partial charge on any atom is -0.445 e. The van der Waals surface area contributed by atoms with Crippen molar-refractivity contribution in [3.05, 3.63) is 47.9 Å². The molecule has 9 nitrogen and oxygen atoms in total. The summed E-state index contributed by atoms with van der Waals surface area (Å²) in [6, 6.07) is 0. The van der Waals surface area contributed by atoms with E-state index in [0.717, 1.165) is 12.3 Å². The van der Waals surface area contributed by atoms with Crippen molar-refractivity contribution in [2.75, 3.05) is 19.5 Å². The number of fused-ring (bicyclic) bond motifs is 1. The van der Waals surface area contributed by atoms with E-state index in [-0.39, 0.29) is 36.6 Å². The van der Waals surface area contributed by atoms with E-state index in [1.54, 1.807) is 0 Å². The van der Waals surface area contributed by atoms with Gasteiger partial charge in [-0.3, -0.25) is 19.1 Å². The number of allylic oxidation sites excluding steroid dienone is 2. The third-order valence-corrected chi connectivity index (χ3v) is 3.72. The Morgan fingerprint density at radius 3 is 2.64 bits per heavy atom. The molecule has 0 aromatic carbocycles. The minimum atomic E-state index is -3.57. The van der Waals surface area contributed by atoms with Crippen LogP contribution in [0.3, 0.4) is 0 Å². The highest BCUT2D eigenvalue weighted by atomic mass is 32.2. The zero-order valence-electron chi connectivity index (χ0n) is 13.4. The average Bonchev–Trinajstić information content (AvgIpc) is 2.94. The molecule has 1 amide bonds. The van der Waals surface area contributed by atoms with Gasteiger partial charge < -0.3 is 9.30 Å². The van der Waals surface area contributed by atoms with Crippen molar-refractivity contribution in [2.45, 2.75) is 6.54 Å². The van der Waals surface area contributed by atoms with Crippen LogP contribution in [0.2, 0.25) is 0 Å². The number of nitrogens with one attached hydrogen (secondary N) is 1. The van der Waals surface area contributed by atoms with E-state index in [4.69, 9.17) is 4.74 Å². The number of ether oxygens (including phenoxy) is 1. The van der Waals surface area contributed by atoms with Crippen LogP contribution in [-0.2, 0) is 25.6 Å². The summed E-state index contributed by atoms with van der Waals surface area (Å²) in [5, 5.41) is 2.22. The second-order valence-electron chi connectivity index (χ2n) is 5.11. The zero-order chi connectivity index (χ0) is 18.6. The van der Waals surface area contributed by atoms with Gasteiger partial charge in [0.15, 0.2) is 5.78 Å². The summed E-state index contributed by atoms with van der Waals surface area (Å²) in [5.74, 6) is -1.01. The first-order valence-corrected chi connectivity index (χ1v) is 8.92. The molecule has 1 aromatic rings. The second kappa shape index (κ2) is 7.45. The molecule has 0 radical (unpaired) electrons. The van der Waals surface area contributed by atoms with Crippen molar-refractivity contribution < 1.29 is 31.7 Å². The Labute approximate surface area is 144 Å². The highest BCUT2D eigenvalue weighted by Gasteiger charge is 2.28. The van der Waals surface area contributed by atoms with Gasteiger partial charge >= 0.3 is 6.09 Å². The Hall–Kier alpha value is -2.72. The molecule has 1 aliphatic carbocycles. The molecule has 2 rings (SSSR count). The summed E-state index contributed by atoms with van der Waals surface area (Å²) in [6.07, 6.45) is 5.23. The van der Waals surface area contributed by atoms with Crippen molar-refractivity contribution in [2.24, 2.45) is 0 Å². The highest BCUT2D eigenvalue weighted by molar-refractivity contribution is 7.85. The van der Waals surface area contributed by atoms with E-state index < -0.39 is 27.8 Å². The van der Waals surface area contributed by atoms with Gasteiger partial charge in [-0.1, -0.05) is 12.7 Å². The number of ketones is 2. The van der Waals surface area contributed by atoms with Crippen LogP contribution < -0.4 is 5.32 Å². The summed E-state index contributed by atoms with van der Waals surface area (Å²) in [6.45, 7) is 3.34. The van der Waals surface area contributed by atoms with E-state index >= 15 is 0 Å². The SMILES string of the molecule is C=CCOC(=O)NC1=CC(=O)c2cn(CCOS(C)(=O)=O)cc2C1=O. The molecule has 0 saturated heterocycles. The van der Waals surface area contributed by atoms with Crippen LogP contribution >= 0.6 is 0 Å². The quantitative estimate of drug-likeness (QED) is 0.554. The van der Waals surface area contributed by atoms with Crippen LogP contribution in [0.15, 0.2) is 36.8 Å². The van der Waals surface area contributed by atoms with Gasteiger partial charge in [0.05, 0.1) is 29.7 Å². The smallest absolute Gasteiger partial charge is 0.412 e. The van der Waals surface area contributed by atoms with Gasteiger partial charge in [0.25, 0.3) is 10.1 Å². The molecule has 10 heteroatoms. The van der Waals surface area contributed by atoms with Gasteiger partial charge in [-0.25, -0.2) is 4.79 Å². The van der Waals surface area contributed by atoms with E-state index in [0.29, 0.717) is 0 Å². The molecule has 0 bridgehead atoms. The average molecular weight is 368 g/mol. The number of hydrogen-bond acceptors (Lipinski definition) is 7. The van der Waals surface area contributed by atoms with Crippen molar-refractivity contribution >= 4 is 27.8 Å². The molecule has 1 heterocycles. The Balaban J connectivity index is 2.10. The van der Waals surface area contributed by atoms with Crippen molar-refractivity contribution in [3.8, 4) is 0 Å². The predicted molar refractivity (Wildman–Crippen MR) is 86.7 cm³/mol. The van der Waals surface area contributed by atoms with Crippen LogP contribution in [-0.4, -0.2) is 50.1 Å². The molecule has 25 heavy (non-hydrogen) atoms. The van der Waals surface area contributed by atoms with E-state index in [9.17, 15) is 22.8 Å². The Kier molecular flexibility index (Phi) is 5.55. The first-order valence-electron chi connectivity index (χ1n) is 7.11. The third kappa shape index (κ3) is 4.88. The molecular formula is C15H16N2O7S. The normalized spacial score (nSPS) is 13.9. The van der Waals surface area contributed by atoms with Gasteiger partial charge in [-0.15, -0.1) is 0 Å². The number of rotatable bonds is 7. The number of carbonyl (C=O) groups excluding carboxylic acids is 3. The van der Waals surface area contributed by atoms with Crippen molar-refractivity contribution in [1.82, 2.24) is 9.88 Å². The predicted octanol–water partition coefficient (Wildman–Crippen LogP) is 0.639. The molecule has 0 saturated carbocycles. The standard InChI is InChI=1S/C15H16N2O7S/c1-3-5-23-15(20)16-12-7-13(18)10-8-17(9-11(10)14(12)19)4-6-24-25(2,21)22/h3,7-9H,1,4-6H2,2H3,(H,16,20). The lowest BCUT2D eigenvalue weighted by atomic mass is 9.97. The molecule has 0 atom stereocenters. The zero-order valence-corrected chi connectivity index (χ0v) is 14.2.